The number of hydrogen-bond acceptors (Lipinski definition) is 5. The predicted octanol–water partition coefficient (Wildman–Crippen LogP) is 0.382. The molecule has 0 amide bonds. The fraction of sp³-hybridized carbons (Fsp3) is 0.0714. The number of aromatic hydroxyl groups is 1. The summed E-state index contributed by atoms with van der Waals surface area (Å²) in [5.41, 5.74) is 1.38. The van der Waals surface area contributed by atoms with Gasteiger partial charge in [-0.15, -0.1) is 0 Å². The highest BCUT2D eigenvalue weighted by Gasteiger charge is 2.13. The molecule has 0 radical (unpaired) electrons. The fourth-order valence-corrected chi connectivity index (χ4v) is 1.86. The Morgan fingerprint density at radius 3 is 2.33 bits per heavy atom. The molecule has 6 nitrogen and oxygen atoms in total. The summed E-state index contributed by atoms with van der Waals surface area (Å²) in [7, 11) is -1.51. The molecule has 2 aromatic rings. The molecule has 5 N–H and O–H groups in total. The molecule has 0 aliphatic carbocycles. The van der Waals surface area contributed by atoms with Crippen molar-refractivity contribution >= 4 is 24.2 Å². The first-order valence-electron chi connectivity index (χ1n) is 6.23. The van der Waals surface area contributed by atoms with E-state index in [1.807, 2.05) is 0 Å². The number of aromatic carboxylic acids is 1. The second kappa shape index (κ2) is 6.30. The van der Waals surface area contributed by atoms with Gasteiger partial charge in [0.05, 0.1) is 5.69 Å². The van der Waals surface area contributed by atoms with Crippen LogP contribution >= 0.6 is 0 Å². The molecule has 0 fully saturated rings. The Morgan fingerprint density at radius 1 is 1.10 bits per heavy atom. The Kier molecular flexibility index (Phi) is 4.47. The molecule has 0 atom stereocenters. The van der Waals surface area contributed by atoms with Crippen LogP contribution in [0.2, 0.25) is 0 Å². The van der Waals surface area contributed by atoms with Crippen LogP contribution in [0.3, 0.4) is 0 Å². The highest BCUT2D eigenvalue weighted by atomic mass is 16.4. The molecule has 2 rings (SSSR count). The van der Waals surface area contributed by atoms with E-state index in [1.165, 1.54) is 12.1 Å². The number of nitrogens with one attached hydrogen (secondary N) is 1. The van der Waals surface area contributed by atoms with Crippen molar-refractivity contribution in [3.05, 3.63) is 53.6 Å². The molecule has 0 bridgehead atoms. The molecule has 0 aliphatic heterocycles. The molecule has 0 saturated carbocycles. The summed E-state index contributed by atoms with van der Waals surface area (Å²) in [6.45, 7) is 0.360. The van der Waals surface area contributed by atoms with Gasteiger partial charge in [-0.1, -0.05) is 30.3 Å². The van der Waals surface area contributed by atoms with Crippen LogP contribution in [0.4, 0.5) is 5.69 Å². The van der Waals surface area contributed by atoms with Gasteiger partial charge in [0, 0.05) is 6.54 Å². The van der Waals surface area contributed by atoms with Gasteiger partial charge in [-0.2, -0.15) is 0 Å². The van der Waals surface area contributed by atoms with E-state index in [9.17, 15) is 9.90 Å². The first kappa shape index (κ1) is 14.9. The number of phenols is 1. The minimum absolute atomic E-state index is 0.168. The van der Waals surface area contributed by atoms with E-state index < -0.39 is 13.1 Å². The molecule has 0 unspecified atom stereocenters. The van der Waals surface area contributed by atoms with Crippen molar-refractivity contribution in [1.29, 1.82) is 0 Å². The van der Waals surface area contributed by atoms with Gasteiger partial charge < -0.3 is 25.6 Å². The normalized spacial score (nSPS) is 10.2. The van der Waals surface area contributed by atoms with E-state index >= 15 is 0 Å². The molecular weight excluding hydrogens is 273 g/mol. The highest BCUT2D eigenvalue weighted by Crippen LogP contribution is 2.27. The number of carbonyl (C=O) groups is 1. The van der Waals surface area contributed by atoms with Gasteiger partial charge in [-0.05, 0) is 23.2 Å². The van der Waals surface area contributed by atoms with Gasteiger partial charge in [0.1, 0.15) is 5.56 Å². The summed E-state index contributed by atoms with van der Waals surface area (Å²) in [5.74, 6) is -1.51. The van der Waals surface area contributed by atoms with Crippen molar-refractivity contribution in [2.45, 2.75) is 6.54 Å². The molecule has 108 valence electrons. The number of anilines is 1. The van der Waals surface area contributed by atoms with Crippen LogP contribution in [0.15, 0.2) is 42.5 Å². The monoisotopic (exact) mass is 287 g/mol. The summed E-state index contributed by atoms with van der Waals surface area (Å²) in [6.07, 6.45) is 0. The first-order valence-corrected chi connectivity index (χ1v) is 6.23. The quantitative estimate of drug-likeness (QED) is 0.402. The maximum Gasteiger partial charge on any atom is 0.488 e. The average molecular weight is 287 g/mol. The summed E-state index contributed by atoms with van der Waals surface area (Å²) < 4.78 is 0. The van der Waals surface area contributed by atoms with E-state index in [2.05, 4.69) is 5.32 Å². The molecular formula is C14H14BNO5. The van der Waals surface area contributed by atoms with Gasteiger partial charge in [0.15, 0.2) is 5.75 Å². The van der Waals surface area contributed by atoms with Crippen LogP contribution in [-0.4, -0.2) is 33.3 Å². The first-order chi connectivity index (χ1) is 9.99. The van der Waals surface area contributed by atoms with Crippen molar-refractivity contribution < 1.29 is 25.1 Å². The number of carboxylic acids is 1. The standard InChI is InChI=1S/C14H14BNO5/c17-13-11(14(18)19)2-1-3-12(13)16-8-9-4-6-10(7-5-9)15(20)21/h1-7,16-17,20-21H,8H2,(H,18,19). The fourth-order valence-electron chi connectivity index (χ4n) is 1.86. The maximum atomic E-state index is 10.9. The largest absolute Gasteiger partial charge is 0.505 e. The zero-order chi connectivity index (χ0) is 15.4. The van der Waals surface area contributed by atoms with Crippen LogP contribution in [0, 0.1) is 0 Å². The average Bonchev–Trinajstić information content (AvgIpc) is 2.46. The third-order valence-corrected chi connectivity index (χ3v) is 3.03. The van der Waals surface area contributed by atoms with Crippen molar-refractivity contribution in [3.63, 3.8) is 0 Å². The van der Waals surface area contributed by atoms with Gasteiger partial charge in [0.2, 0.25) is 0 Å². The lowest BCUT2D eigenvalue weighted by atomic mass is 9.80. The molecule has 21 heavy (non-hydrogen) atoms. The Labute approximate surface area is 121 Å². The lowest BCUT2D eigenvalue weighted by molar-refractivity contribution is 0.0694. The van der Waals surface area contributed by atoms with Gasteiger partial charge >= 0.3 is 13.1 Å². The minimum atomic E-state index is -1.51. The third kappa shape index (κ3) is 3.53. The second-order valence-electron chi connectivity index (χ2n) is 4.48. The molecule has 0 aliphatic rings. The van der Waals surface area contributed by atoms with Gasteiger partial charge in [0.25, 0.3) is 0 Å². The SMILES string of the molecule is O=C(O)c1cccc(NCc2ccc(B(O)O)cc2)c1O. The van der Waals surface area contributed by atoms with Crippen molar-refractivity contribution in [2.75, 3.05) is 5.32 Å². The second-order valence-corrected chi connectivity index (χ2v) is 4.48. The Hall–Kier alpha value is -2.51. The zero-order valence-corrected chi connectivity index (χ0v) is 11.0. The molecule has 0 aromatic heterocycles. The topological polar surface area (TPSA) is 110 Å². The van der Waals surface area contributed by atoms with Crippen LogP contribution in [0.25, 0.3) is 0 Å². The maximum absolute atomic E-state index is 10.9. The summed E-state index contributed by atoms with van der Waals surface area (Å²) in [6, 6.07) is 11.0. The van der Waals surface area contributed by atoms with Crippen LogP contribution < -0.4 is 10.8 Å². The van der Waals surface area contributed by atoms with Crippen LogP contribution in [0.1, 0.15) is 15.9 Å². The molecule has 0 saturated heterocycles. The van der Waals surface area contributed by atoms with Gasteiger partial charge in [-0.3, -0.25) is 0 Å². The number of para-hydroxylation sites is 1. The molecule has 2 aromatic carbocycles. The van der Waals surface area contributed by atoms with E-state index in [0.717, 1.165) is 5.56 Å². The smallest absolute Gasteiger partial charge is 0.488 e. The van der Waals surface area contributed by atoms with E-state index in [-0.39, 0.29) is 11.3 Å². The van der Waals surface area contributed by atoms with Crippen molar-refractivity contribution in [3.8, 4) is 5.75 Å². The Balaban J connectivity index is 2.09. The number of hydrogen-bond donors (Lipinski definition) is 5. The zero-order valence-electron chi connectivity index (χ0n) is 11.0. The third-order valence-electron chi connectivity index (χ3n) is 3.03. The van der Waals surface area contributed by atoms with Gasteiger partial charge in [-0.25, -0.2) is 4.79 Å². The minimum Gasteiger partial charge on any atom is -0.505 e. The molecule has 7 heteroatoms. The van der Waals surface area contributed by atoms with E-state index in [0.29, 0.717) is 17.7 Å². The lowest BCUT2D eigenvalue weighted by Crippen LogP contribution is -2.29. The van der Waals surface area contributed by atoms with E-state index in [1.54, 1.807) is 30.3 Å². The molecule has 0 spiro atoms. The highest BCUT2D eigenvalue weighted by molar-refractivity contribution is 6.58. The van der Waals surface area contributed by atoms with Crippen LogP contribution in [-0.2, 0) is 6.54 Å². The summed E-state index contributed by atoms with van der Waals surface area (Å²) in [4.78, 5) is 10.9. The number of rotatable bonds is 5. The lowest BCUT2D eigenvalue weighted by Gasteiger charge is -2.10. The number of benzene rings is 2. The van der Waals surface area contributed by atoms with Crippen molar-refractivity contribution in [1.82, 2.24) is 0 Å². The number of carboxylic acid groups (broad SMARTS) is 1. The van der Waals surface area contributed by atoms with Crippen molar-refractivity contribution in [2.24, 2.45) is 0 Å². The summed E-state index contributed by atoms with van der Waals surface area (Å²) >= 11 is 0. The predicted molar refractivity (Wildman–Crippen MR) is 78.7 cm³/mol. The molecule has 0 heterocycles. The van der Waals surface area contributed by atoms with E-state index in [4.69, 9.17) is 15.2 Å². The summed E-state index contributed by atoms with van der Waals surface area (Å²) in [5, 5.41) is 39.7. The van der Waals surface area contributed by atoms with Crippen LogP contribution in [0.5, 0.6) is 5.75 Å². The Bertz CT molecular complexity index is 642. The Morgan fingerprint density at radius 2 is 1.76 bits per heavy atom.